The lowest BCUT2D eigenvalue weighted by Gasteiger charge is -2.36. The maximum absolute atomic E-state index is 13.0. The van der Waals surface area contributed by atoms with Gasteiger partial charge in [0.15, 0.2) is 5.82 Å². The van der Waals surface area contributed by atoms with Crippen molar-refractivity contribution in [3.8, 4) is 11.4 Å². The van der Waals surface area contributed by atoms with Crippen molar-refractivity contribution in [3.05, 3.63) is 58.5 Å². The molecule has 3 rings (SSSR count). The number of hydrogen-bond acceptors (Lipinski definition) is 5. The summed E-state index contributed by atoms with van der Waals surface area (Å²) in [6.45, 7) is 5.71. The molecule has 8 nitrogen and oxygen atoms in total. The van der Waals surface area contributed by atoms with E-state index >= 15 is 0 Å². The maximum atomic E-state index is 13.0. The fourth-order valence-electron chi connectivity index (χ4n) is 3.31. The molecule has 0 aliphatic heterocycles. The zero-order valence-corrected chi connectivity index (χ0v) is 18.9. The largest absolute Gasteiger partial charge is 0.465 e. The molecule has 0 unspecified atom stereocenters. The first kappa shape index (κ1) is 22.5. The van der Waals surface area contributed by atoms with Crippen LogP contribution in [-0.4, -0.2) is 54.9 Å². The van der Waals surface area contributed by atoms with Gasteiger partial charge in [-0.05, 0) is 38.8 Å². The molecular formula is C22H27N5O3S. The third kappa shape index (κ3) is 5.69. The standard InChI is InChI=1S/C22H27N5O3S/c1-22(2,3)27(21(29)30)12-17(10-15-8-6-5-7-9-15)25-20(28)18-11-16(13-31-18)19-23-14-24-26(19)4/h5-9,11,13-14,17H,10,12H2,1-4H3,(H,25,28)(H,29,30)/t17-/m0/s1. The summed E-state index contributed by atoms with van der Waals surface area (Å²) in [5.74, 6) is 0.444. The first-order valence-electron chi connectivity index (χ1n) is 9.93. The van der Waals surface area contributed by atoms with Crippen LogP contribution in [0.4, 0.5) is 4.79 Å². The number of amides is 2. The summed E-state index contributed by atoms with van der Waals surface area (Å²) >= 11 is 1.32. The van der Waals surface area contributed by atoms with Crippen molar-refractivity contribution in [2.45, 2.75) is 38.8 Å². The monoisotopic (exact) mass is 441 g/mol. The van der Waals surface area contributed by atoms with Crippen LogP contribution in [0, 0.1) is 0 Å². The van der Waals surface area contributed by atoms with Crippen molar-refractivity contribution < 1.29 is 14.7 Å². The van der Waals surface area contributed by atoms with Crippen LogP contribution in [0.1, 0.15) is 36.0 Å². The van der Waals surface area contributed by atoms with Gasteiger partial charge in [-0.1, -0.05) is 30.3 Å². The lowest BCUT2D eigenvalue weighted by Crippen LogP contribution is -2.53. The number of carbonyl (C=O) groups is 2. The highest BCUT2D eigenvalue weighted by molar-refractivity contribution is 7.12. The molecule has 0 saturated carbocycles. The number of aryl methyl sites for hydroxylation is 1. The van der Waals surface area contributed by atoms with Gasteiger partial charge in [0.1, 0.15) is 6.33 Å². The molecule has 1 atom stereocenters. The number of thiophene rings is 1. The number of benzene rings is 1. The zero-order chi connectivity index (χ0) is 22.6. The Balaban J connectivity index is 1.80. The van der Waals surface area contributed by atoms with Crippen molar-refractivity contribution in [3.63, 3.8) is 0 Å². The minimum Gasteiger partial charge on any atom is -0.465 e. The van der Waals surface area contributed by atoms with E-state index < -0.39 is 11.6 Å². The van der Waals surface area contributed by atoms with E-state index in [1.165, 1.54) is 22.6 Å². The molecule has 31 heavy (non-hydrogen) atoms. The van der Waals surface area contributed by atoms with Gasteiger partial charge in [-0.15, -0.1) is 11.3 Å². The predicted molar refractivity (Wildman–Crippen MR) is 120 cm³/mol. The number of nitrogens with zero attached hydrogens (tertiary/aromatic N) is 4. The fraction of sp³-hybridized carbons (Fsp3) is 0.364. The van der Waals surface area contributed by atoms with Crippen LogP contribution in [0.5, 0.6) is 0 Å². The molecule has 0 aliphatic carbocycles. The molecule has 0 fully saturated rings. The van der Waals surface area contributed by atoms with Gasteiger partial charge in [0, 0.05) is 30.1 Å². The molecule has 2 amide bonds. The molecule has 0 radical (unpaired) electrons. The number of hydrogen-bond donors (Lipinski definition) is 2. The lowest BCUT2D eigenvalue weighted by molar-refractivity contribution is 0.0824. The van der Waals surface area contributed by atoms with Gasteiger partial charge in [-0.2, -0.15) is 5.10 Å². The Morgan fingerprint density at radius 1 is 1.26 bits per heavy atom. The van der Waals surface area contributed by atoms with E-state index in [2.05, 4.69) is 15.4 Å². The minimum atomic E-state index is -1.01. The van der Waals surface area contributed by atoms with Gasteiger partial charge >= 0.3 is 6.09 Å². The quantitative estimate of drug-likeness (QED) is 0.583. The van der Waals surface area contributed by atoms with E-state index in [4.69, 9.17) is 0 Å². The number of nitrogens with one attached hydrogen (secondary N) is 1. The summed E-state index contributed by atoms with van der Waals surface area (Å²) in [6.07, 6.45) is 0.976. The first-order valence-corrected chi connectivity index (χ1v) is 10.8. The van der Waals surface area contributed by atoms with Crippen LogP contribution in [0.2, 0.25) is 0 Å². The zero-order valence-electron chi connectivity index (χ0n) is 18.1. The second-order valence-electron chi connectivity index (χ2n) is 8.33. The molecule has 164 valence electrons. The van der Waals surface area contributed by atoms with Gasteiger partial charge < -0.3 is 15.3 Å². The maximum Gasteiger partial charge on any atom is 0.407 e. The SMILES string of the molecule is Cn1ncnc1-c1csc(C(=O)N[C@@H](Cc2ccccc2)CN(C(=O)O)C(C)(C)C)c1. The summed E-state index contributed by atoms with van der Waals surface area (Å²) in [5, 5.41) is 18.7. The van der Waals surface area contributed by atoms with Crippen LogP contribution in [0.25, 0.3) is 11.4 Å². The van der Waals surface area contributed by atoms with E-state index in [9.17, 15) is 14.7 Å². The Labute approximate surface area is 185 Å². The Morgan fingerprint density at radius 2 is 1.97 bits per heavy atom. The Morgan fingerprint density at radius 3 is 2.55 bits per heavy atom. The highest BCUT2D eigenvalue weighted by Gasteiger charge is 2.30. The number of carbonyl (C=O) groups excluding carboxylic acids is 1. The van der Waals surface area contributed by atoms with E-state index in [-0.39, 0.29) is 18.5 Å². The van der Waals surface area contributed by atoms with Gasteiger partial charge in [-0.3, -0.25) is 4.79 Å². The second kappa shape index (κ2) is 9.30. The van der Waals surface area contributed by atoms with Crippen molar-refractivity contribution in [2.75, 3.05) is 6.54 Å². The Kier molecular flexibility index (Phi) is 6.74. The smallest absolute Gasteiger partial charge is 0.407 e. The summed E-state index contributed by atoms with van der Waals surface area (Å²) in [7, 11) is 1.79. The van der Waals surface area contributed by atoms with Crippen LogP contribution < -0.4 is 5.32 Å². The average molecular weight is 442 g/mol. The average Bonchev–Trinajstić information content (AvgIpc) is 3.34. The topological polar surface area (TPSA) is 100 Å². The molecule has 2 N–H and O–H groups in total. The molecule has 2 aromatic heterocycles. The fourth-order valence-corrected chi connectivity index (χ4v) is 4.09. The van der Waals surface area contributed by atoms with Gasteiger partial charge in [0.25, 0.3) is 5.91 Å². The van der Waals surface area contributed by atoms with E-state index in [1.54, 1.807) is 17.8 Å². The summed E-state index contributed by atoms with van der Waals surface area (Å²) in [4.78, 5) is 31.0. The molecule has 0 aliphatic rings. The molecule has 2 heterocycles. The Bertz CT molecular complexity index is 1040. The van der Waals surface area contributed by atoms with Gasteiger partial charge in [0.2, 0.25) is 0 Å². The minimum absolute atomic E-state index is 0.182. The normalized spacial score (nSPS) is 12.4. The molecule has 1 aromatic carbocycles. The van der Waals surface area contributed by atoms with Gasteiger partial charge in [-0.25, -0.2) is 14.5 Å². The summed E-state index contributed by atoms with van der Waals surface area (Å²) in [6, 6.07) is 11.1. The molecule has 0 saturated heterocycles. The molecule has 3 aromatic rings. The van der Waals surface area contributed by atoms with Crippen LogP contribution in [-0.2, 0) is 13.5 Å². The summed E-state index contributed by atoms with van der Waals surface area (Å²) < 4.78 is 1.65. The third-order valence-corrected chi connectivity index (χ3v) is 5.83. The number of rotatable bonds is 7. The van der Waals surface area contributed by atoms with Crippen molar-refractivity contribution >= 4 is 23.3 Å². The Hall–Kier alpha value is -3.20. The van der Waals surface area contributed by atoms with Crippen molar-refractivity contribution in [2.24, 2.45) is 7.05 Å². The number of aromatic nitrogens is 3. The van der Waals surface area contributed by atoms with Crippen LogP contribution in [0.15, 0.2) is 48.1 Å². The highest BCUT2D eigenvalue weighted by atomic mass is 32.1. The predicted octanol–water partition coefficient (Wildman–Crippen LogP) is 3.66. The van der Waals surface area contributed by atoms with E-state index in [1.807, 2.05) is 56.5 Å². The third-order valence-electron chi connectivity index (χ3n) is 4.90. The molecular weight excluding hydrogens is 414 g/mol. The molecule has 0 spiro atoms. The molecule has 0 bridgehead atoms. The van der Waals surface area contributed by atoms with Crippen molar-refractivity contribution in [1.29, 1.82) is 0 Å². The van der Waals surface area contributed by atoms with Crippen molar-refractivity contribution in [1.82, 2.24) is 25.0 Å². The van der Waals surface area contributed by atoms with Gasteiger partial charge in [0.05, 0.1) is 10.9 Å². The first-order chi connectivity index (χ1) is 14.6. The van der Waals surface area contributed by atoms with Crippen LogP contribution in [0.3, 0.4) is 0 Å². The lowest BCUT2D eigenvalue weighted by atomic mass is 10.0. The van der Waals surface area contributed by atoms with E-state index in [0.29, 0.717) is 17.1 Å². The van der Waals surface area contributed by atoms with E-state index in [0.717, 1.165) is 11.1 Å². The highest BCUT2D eigenvalue weighted by Crippen LogP contribution is 2.24. The summed E-state index contributed by atoms with van der Waals surface area (Å²) in [5.41, 5.74) is 1.25. The van der Waals surface area contributed by atoms with Crippen LogP contribution >= 0.6 is 11.3 Å². The number of carboxylic acid groups (broad SMARTS) is 1. The second-order valence-corrected chi connectivity index (χ2v) is 9.24. The molecule has 9 heteroatoms.